The van der Waals surface area contributed by atoms with Crippen molar-refractivity contribution in [1.29, 1.82) is 0 Å². The van der Waals surface area contributed by atoms with Crippen LogP contribution in [0.3, 0.4) is 0 Å². The number of rotatable bonds is 2. The summed E-state index contributed by atoms with van der Waals surface area (Å²) < 4.78 is 0. The predicted octanol–water partition coefficient (Wildman–Crippen LogP) is 2.82. The van der Waals surface area contributed by atoms with E-state index in [4.69, 9.17) is 5.73 Å². The second-order valence-corrected chi connectivity index (χ2v) is 5.81. The summed E-state index contributed by atoms with van der Waals surface area (Å²) in [7, 11) is 0. The van der Waals surface area contributed by atoms with Gasteiger partial charge in [-0.2, -0.15) is 0 Å². The first kappa shape index (κ1) is 12.0. The van der Waals surface area contributed by atoms with Crippen LogP contribution < -0.4 is 5.73 Å². The van der Waals surface area contributed by atoms with Crippen LogP contribution in [-0.4, -0.2) is 22.5 Å². The molecule has 2 heterocycles. The Morgan fingerprint density at radius 3 is 2.94 bits per heavy atom. The Bertz CT molecular complexity index is 402. The lowest BCUT2D eigenvalue weighted by Gasteiger charge is -2.44. The number of aromatic nitrogens is 1. The Kier molecular flexibility index (Phi) is 3.50. The predicted molar refractivity (Wildman–Crippen MR) is 74.0 cm³/mol. The second kappa shape index (κ2) is 5.27. The van der Waals surface area contributed by atoms with Crippen molar-refractivity contribution in [1.82, 2.24) is 9.88 Å². The standard InChI is InChI=1S/C15H23N3/c16-13-7-8-17-14(10-13)11-18-9-3-5-12-4-1-2-6-15(12)18/h7-8,10,12,15H,1-6,9,11H2,(H2,16,17)/t12-,15-/m1/s1. The third kappa shape index (κ3) is 2.51. The van der Waals surface area contributed by atoms with E-state index in [0.29, 0.717) is 0 Å². The third-order valence-corrected chi connectivity index (χ3v) is 4.56. The highest BCUT2D eigenvalue weighted by molar-refractivity contribution is 5.37. The minimum atomic E-state index is 0.802. The van der Waals surface area contributed by atoms with Crippen molar-refractivity contribution in [2.45, 2.75) is 51.1 Å². The van der Waals surface area contributed by atoms with Gasteiger partial charge in [-0.15, -0.1) is 0 Å². The van der Waals surface area contributed by atoms with Crippen LogP contribution in [0.5, 0.6) is 0 Å². The van der Waals surface area contributed by atoms with E-state index >= 15 is 0 Å². The smallest absolute Gasteiger partial charge is 0.0564 e. The Morgan fingerprint density at radius 2 is 2.06 bits per heavy atom. The van der Waals surface area contributed by atoms with E-state index in [-0.39, 0.29) is 0 Å². The SMILES string of the molecule is Nc1ccnc(CN2CCC[C@H]3CCCC[C@H]32)c1. The van der Waals surface area contributed by atoms with Crippen LogP contribution in [0, 0.1) is 5.92 Å². The molecule has 3 nitrogen and oxygen atoms in total. The minimum Gasteiger partial charge on any atom is -0.399 e. The molecule has 1 saturated heterocycles. The molecule has 0 unspecified atom stereocenters. The summed E-state index contributed by atoms with van der Waals surface area (Å²) in [4.78, 5) is 7.10. The molecular weight excluding hydrogens is 222 g/mol. The van der Waals surface area contributed by atoms with E-state index in [9.17, 15) is 0 Å². The third-order valence-electron chi connectivity index (χ3n) is 4.56. The molecule has 0 aromatic carbocycles. The number of nitrogen functional groups attached to an aromatic ring is 1. The van der Waals surface area contributed by atoms with Crippen LogP contribution in [0.2, 0.25) is 0 Å². The quantitative estimate of drug-likeness (QED) is 0.871. The van der Waals surface area contributed by atoms with Crippen LogP contribution in [-0.2, 0) is 6.54 Å². The van der Waals surface area contributed by atoms with Crippen LogP contribution in [0.25, 0.3) is 0 Å². The van der Waals surface area contributed by atoms with E-state index in [2.05, 4.69) is 9.88 Å². The average molecular weight is 245 g/mol. The normalized spacial score (nSPS) is 28.9. The second-order valence-electron chi connectivity index (χ2n) is 5.81. The van der Waals surface area contributed by atoms with Crippen molar-refractivity contribution in [3.05, 3.63) is 24.0 Å². The van der Waals surface area contributed by atoms with Crippen molar-refractivity contribution in [2.75, 3.05) is 12.3 Å². The maximum absolute atomic E-state index is 5.84. The average Bonchev–Trinajstić information content (AvgIpc) is 2.39. The number of fused-ring (bicyclic) bond motifs is 1. The van der Waals surface area contributed by atoms with Gasteiger partial charge in [0.2, 0.25) is 0 Å². The van der Waals surface area contributed by atoms with Gasteiger partial charge in [-0.3, -0.25) is 9.88 Å². The van der Waals surface area contributed by atoms with Crippen molar-refractivity contribution < 1.29 is 0 Å². The highest BCUT2D eigenvalue weighted by Crippen LogP contribution is 2.35. The van der Waals surface area contributed by atoms with Gasteiger partial charge in [-0.1, -0.05) is 12.8 Å². The van der Waals surface area contributed by atoms with Gasteiger partial charge in [0.15, 0.2) is 0 Å². The Balaban J connectivity index is 1.71. The number of piperidine rings is 1. The number of nitrogens with zero attached hydrogens (tertiary/aromatic N) is 2. The zero-order chi connectivity index (χ0) is 12.4. The van der Waals surface area contributed by atoms with Gasteiger partial charge < -0.3 is 5.73 Å². The maximum Gasteiger partial charge on any atom is 0.0564 e. The number of hydrogen-bond acceptors (Lipinski definition) is 3. The molecule has 2 atom stereocenters. The summed E-state index contributed by atoms with van der Waals surface area (Å²) in [6.07, 6.45) is 10.3. The van der Waals surface area contributed by atoms with Crippen molar-refractivity contribution in [3.8, 4) is 0 Å². The molecule has 1 aromatic heterocycles. The molecule has 1 aliphatic carbocycles. The minimum absolute atomic E-state index is 0.802. The fraction of sp³-hybridized carbons (Fsp3) is 0.667. The summed E-state index contributed by atoms with van der Waals surface area (Å²) in [6.45, 7) is 2.21. The number of likely N-dealkylation sites (tertiary alicyclic amines) is 1. The molecule has 0 bridgehead atoms. The van der Waals surface area contributed by atoms with Crippen molar-refractivity contribution in [2.24, 2.45) is 5.92 Å². The topological polar surface area (TPSA) is 42.1 Å². The van der Waals surface area contributed by atoms with E-state index in [1.807, 2.05) is 18.3 Å². The number of pyridine rings is 1. The van der Waals surface area contributed by atoms with E-state index in [0.717, 1.165) is 29.9 Å². The summed E-state index contributed by atoms with van der Waals surface area (Å²) in [6, 6.07) is 4.69. The molecule has 1 aromatic rings. The largest absolute Gasteiger partial charge is 0.399 e. The Morgan fingerprint density at radius 1 is 1.22 bits per heavy atom. The van der Waals surface area contributed by atoms with Gasteiger partial charge in [0.25, 0.3) is 0 Å². The number of nitrogens with two attached hydrogens (primary N) is 1. The lowest BCUT2D eigenvalue weighted by atomic mass is 9.78. The summed E-state index contributed by atoms with van der Waals surface area (Å²) in [5, 5.41) is 0. The first-order valence-corrected chi connectivity index (χ1v) is 7.27. The van der Waals surface area contributed by atoms with Crippen LogP contribution >= 0.6 is 0 Å². The number of hydrogen-bond donors (Lipinski definition) is 1. The Hall–Kier alpha value is -1.09. The maximum atomic E-state index is 5.84. The van der Waals surface area contributed by atoms with Crippen LogP contribution in [0.15, 0.2) is 18.3 Å². The van der Waals surface area contributed by atoms with Crippen LogP contribution in [0.1, 0.15) is 44.2 Å². The van der Waals surface area contributed by atoms with E-state index < -0.39 is 0 Å². The highest BCUT2D eigenvalue weighted by Gasteiger charge is 2.33. The molecule has 0 amide bonds. The zero-order valence-corrected chi connectivity index (χ0v) is 11.0. The molecule has 18 heavy (non-hydrogen) atoms. The van der Waals surface area contributed by atoms with Crippen molar-refractivity contribution >= 4 is 5.69 Å². The van der Waals surface area contributed by atoms with Gasteiger partial charge in [0.1, 0.15) is 0 Å². The molecular formula is C15H23N3. The zero-order valence-electron chi connectivity index (χ0n) is 11.0. The fourth-order valence-electron chi connectivity index (χ4n) is 3.72. The highest BCUT2D eigenvalue weighted by atomic mass is 15.2. The van der Waals surface area contributed by atoms with Crippen LogP contribution in [0.4, 0.5) is 5.69 Å². The molecule has 98 valence electrons. The van der Waals surface area contributed by atoms with Crippen molar-refractivity contribution in [3.63, 3.8) is 0 Å². The monoisotopic (exact) mass is 245 g/mol. The summed E-state index contributed by atoms with van der Waals surface area (Å²) in [5.74, 6) is 0.938. The first-order chi connectivity index (χ1) is 8.83. The summed E-state index contributed by atoms with van der Waals surface area (Å²) in [5.41, 5.74) is 7.79. The molecule has 3 heteroatoms. The van der Waals surface area contributed by atoms with Gasteiger partial charge in [0.05, 0.1) is 5.69 Å². The molecule has 2 N–H and O–H groups in total. The molecule has 3 rings (SSSR count). The summed E-state index contributed by atoms with van der Waals surface area (Å²) >= 11 is 0. The van der Waals surface area contributed by atoms with Gasteiger partial charge in [-0.05, 0) is 50.3 Å². The Labute approximate surface area is 109 Å². The van der Waals surface area contributed by atoms with E-state index in [1.165, 1.54) is 45.1 Å². The van der Waals surface area contributed by atoms with Gasteiger partial charge in [0, 0.05) is 24.5 Å². The van der Waals surface area contributed by atoms with Gasteiger partial charge in [-0.25, -0.2) is 0 Å². The molecule has 0 spiro atoms. The van der Waals surface area contributed by atoms with E-state index in [1.54, 1.807) is 0 Å². The molecule has 1 aliphatic heterocycles. The first-order valence-electron chi connectivity index (χ1n) is 7.27. The van der Waals surface area contributed by atoms with Gasteiger partial charge >= 0.3 is 0 Å². The molecule has 2 fully saturated rings. The fourth-order valence-corrected chi connectivity index (χ4v) is 3.72. The molecule has 1 saturated carbocycles. The lowest BCUT2D eigenvalue weighted by molar-refractivity contribution is 0.0537. The lowest BCUT2D eigenvalue weighted by Crippen LogP contribution is -2.46. The molecule has 0 radical (unpaired) electrons. The number of anilines is 1. The molecule has 2 aliphatic rings.